The van der Waals surface area contributed by atoms with Crippen LogP contribution in [0.5, 0.6) is 5.88 Å². The van der Waals surface area contributed by atoms with Crippen LogP contribution < -0.4 is 10.6 Å². The molecule has 148 valence electrons. The highest BCUT2D eigenvalue weighted by atomic mass is 32.1. The van der Waals surface area contributed by atoms with Gasteiger partial charge in [0.05, 0.1) is 5.38 Å². The lowest BCUT2D eigenvalue weighted by Crippen LogP contribution is -2.46. The Morgan fingerprint density at radius 3 is 2.31 bits per heavy atom. The molecule has 0 saturated heterocycles. The van der Waals surface area contributed by atoms with Crippen LogP contribution >= 0.6 is 11.3 Å². The van der Waals surface area contributed by atoms with E-state index in [1.165, 1.54) is 16.7 Å². The zero-order valence-electron chi connectivity index (χ0n) is 16.2. The summed E-state index contributed by atoms with van der Waals surface area (Å²) in [5.74, 6) is -0.536. The Balaban J connectivity index is 2.58. The standard InChI is InChI=1S/C17H29N3O5S/c1-16(2,3)24-13(22)11(19-15(23)25-17(4,5)6)8-7-9-18-14-20-12(21)10-26-14/h10-11,21H,7-9H2,1-6H3,(H,18,20)(H,19,23). The third-order valence-corrected chi connectivity index (χ3v) is 3.61. The Hall–Kier alpha value is -2.03. The summed E-state index contributed by atoms with van der Waals surface area (Å²) in [5.41, 5.74) is -1.31. The highest BCUT2D eigenvalue weighted by molar-refractivity contribution is 7.13. The molecule has 3 N–H and O–H groups in total. The van der Waals surface area contributed by atoms with E-state index in [0.29, 0.717) is 24.5 Å². The molecule has 1 amide bonds. The lowest BCUT2D eigenvalue weighted by atomic mass is 10.1. The van der Waals surface area contributed by atoms with Crippen LogP contribution in [0.25, 0.3) is 0 Å². The molecule has 0 radical (unpaired) electrons. The van der Waals surface area contributed by atoms with Crippen LogP contribution in [0.1, 0.15) is 54.4 Å². The van der Waals surface area contributed by atoms with Gasteiger partial charge in [0, 0.05) is 6.54 Å². The van der Waals surface area contributed by atoms with E-state index < -0.39 is 29.3 Å². The Morgan fingerprint density at radius 1 is 1.19 bits per heavy atom. The van der Waals surface area contributed by atoms with Crippen molar-refractivity contribution < 1.29 is 24.2 Å². The number of thiazole rings is 1. The number of hydrogen-bond donors (Lipinski definition) is 3. The molecule has 1 aromatic heterocycles. The molecule has 0 aliphatic rings. The zero-order chi connectivity index (χ0) is 20.0. The van der Waals surface area contributed by atoms with Gasteiger partial charge in [-0.3, -0.25) is 0 Å². The topological polar surface area (TPSA) is 110 Å². The monoisotopic (exact) mass is 387 g/mol. The highest BCUT2D eigenvalue weighted by Gasteiger charge is 2.28. The van der Waals surface area contributed by atoms with Gasteiger partial charge < -0.3 is 25.2 Å². The van der Waals surface area contributed by atoms with E-state index in [9.17, 15) is 14.7 Å². The Morgan fingerprint density at radius 2 is 1.81 bits per heavy atom. The van der Waals surface area contributed by atoms with E-state index in [2.05, 4.69) is 15.6 Å². The Kier molecular flexibility index (Phi) is 7.68. The molecule has 0 aliphatic carbocycles. The van der Waals surface area contributed by atoms with E-state index in [-0.39, 0.29) is 5.88 Å². The number of aromatic hydroxyl groups is 1. The van der Waals surface area contributed by atoms with Crippen molar-refractivity contribution in [3.8, 4) is 5.88 Å². The number of anilines is 1. The number of nitrogens with one attached hydrogen (secondary N) is 2. The van der Waals surface area contributed by atoms with Gasteiger partial charge >= 0.3 is 12.1 Å². The van der Waals surface area contributed by atoms with Crippen molar-refractivity contribution in [2.75, 3.05) is 11.9 Å². The summed E-state index contributed by atoms with van der Waals surface area (Å²) in [6.07, 6.45) is 0.296. The fourth-order valence-corrected chi connectivity index (χ4v) is 2.52. The van der Waals surface area contributed by atoms with Crippen LogP contribution in [0.2, 0.25) is 0 Å². The van der Waals surface area contributed by atoms with Crippen LogP contribution in [0.3, 0.4) is 0 Å². The molecule has 1 rings (SSSR count). The number of nitrogens with zero attached hydrogens (tertiary/aromatic N) is 1. The lowest BCUT2D eigenvalue weighted by Gasteiger charge is -2.26. The summed E-state index contributed by atoms with van der Waals surface area (Å²) >= 11 is 1.29. The maximum Gasteiger partial charge on any atom is 0.408 e. The van der Waals surface area contributed by atoms with Gasteiger partial charge in [0.15, 0.2) is 5.13 Å². The van der Waals surface area contributed by atoms with Gasteiger partial charge in [0.25, 0.3) is 0 Å². The third kappa shape index (κ3) is 9.45. The first-order chi connectivity index (χ1) is 11.9. The van der Waals surface area contributed by atoms with E-state index in [4.69, 9.17) is 9.47 Å². The van der Waals surface area contributed by atoms with Crippen LogP contribution in [0, 0.1) is 0 Å². The van der Waals surface area contributed by atoms with Gasteiger partial charge in [-0.1, -0.05) is 0 Å². The molecule has 0 spiro atoms. The average molecular weight is 388 g/mol. The molecule has 1 unspecified atom stereocenters. The third-order valence-electron chi connectivity index (χ3n) is 2.82. The molecular weight excluding hydrogens is 358 g/mol. The number of esters is 1. The van der Waals surface area contributed by atoms with Crippen molar-refractivity contribution in [1.82, 2.24) is 10.3 Å². The summed E-state index contributed by atoms with van der Waals surface area (Å²) in [6, 6.07) is -0.810. The fourth-order valence-electron chi connectivity index (χ4n) is 1.92. The maximum absolute atomic E-state index is 12.4. The van der Waals surface area contributed by atoms with Crippen LogP contribution in [0.4, 0.5) is 9.93 Å². The second-order valence-corrected chi connectivity index (χ2v) is 8.67. The maximum atomic E-state index is 12.4. The molecule has 1 aromatic rings. The van der Waals surface area contributed by atoms with Crippen molar-refractivity contribution in [3.63, 3.8) is 0 Å². The minimum atomic E-state index is -0.810. The average Bonchev–Trinajstić information content (AvgIpc) is 2.83. The second kappa shape index (κ2) is 9.07. The van der Waals surface area contributed by atoms with Crippen molar-refractivity contribution in [1.29, 1.82) is 0 Å². The van der Waals surface area contributed by atoms with Crippen molar-refractivity contribution >= 4 is 28.5 Å². The molecule has 9 heteroatoms. The molecule has 0 bridgehead atoms. The van der Waals surface area contributed by atoms with E-state index in [1.54, 1.807) is 41.5 Å². The summed E-state index contributed by atoms with van der Waals surface area (Å²) in [5, 5.41) is 17.0. The minimum absolute atomic E-state index is 0.0317. The van der Waals surface area contributed by atoms with Crippen molar-refractivity contribution in [2.24, 2.45) is 0 Å². The van der Waals surface area contributed by atoms with Crippen LogP contribution in [-0.2, 0) is 14.3 Å². The summed E-state index contributed by atoms with van der Waals surface area (Å²) < 4.78 is 10.6. The minimum Gasteiger partial charge on any atom is -0.493 e. The van der Waals surface area contributed by atoms with Crippen LogP contribution in [0.15, 0.2) is 5.38 Å². The van der Waals surface area contributed by atoms with Gasteiger partial charge in [-0.25, -0.2) is 9.59 Å². The highest BCUT2D eigenvalue weighted by Crippen LogP contribution is 2.19. The molecule has 0 saturated carbocycles. The van der Waals surface area contributed by atoms with E-state index in [0.717, 1.165) is 0 Å². The van der Waals surface area contributed by atoms with Gasteiger partial charge in [-0.2, -0.15) is 4.98 Å². The molecular formula is C17H29N3O5S. The lowest BCUT2D eigenvalue weighted by molar-refractivity contribution is -0.157. The molecule has 26 heavy (non-hydrogen) atoms. The smallest absolute Gasteiger partial charge is 0.408 e. The summed E-state index contributed by atoms with van der Waals surface area (Å²) in [7, 11) is 0. The van der Waals surface area contributed by atoms with Gasteiger partial charge in [-0.05, 0) is 54.4 Å². The largest absolute Gasteiger partial charge is 0.493 e. The number of rotatable bonds is 7. The van der Waals surface area contributed by atoms with Gasteiger partial charge in [0.2, 0.25) is 5.88 Å². The van der Waals surface area contributed by atoms with Crippen molar-refractivity contribution in [2.45, 2.75) is 71.6 Å². The Bertz CT molecular complexity index is 604. The second-order valence-electron chi connectivity index (χ2n) is 7.81. The first-order valence-corrected chi connectivity index (χ1v) is 9.34. The normalized spacial score (nSPS) is 13.0. The number of ether oxygens (including phenoxy) is 2. The van der Waals surface area contributed by atoms with E-state index in [1.807, 2.05) is 0 Å². The number of alkyl carbamates (subject to hydrolysis) is 1. The Labute approximate surface area is 158 Å². The first-order valence-electron chi connectivity index (χ1n) is 8.46. The number of aromatic nitrogens is 1. The molecule has 1 atom stereocenters. The van der Waals surface area contributed by atoms with Gasteiger partial charge in [0.1, 0.15) is 17.2 Å². The fraction of sp³-hybridized carbons (Fsp3) is 0.706. The quantitative estimate of drug-likeness (QED) is 0.486. The molecule has 8 nitrogen and oxygen atoms in total. The van der Waals surface area contributed by atoms with Crippen LogP contribution in [-0.4, -0.2) is 45.9 Å². The van der Waals surface area contributed by atoms with Gasteiger partial charge in [-0.15, -0.1) is 11.3 Å². The molecule has 0 fully saturated rings. The molecule has 0 aromatic carbocycles. The molecule has 1 heterocycles. The number of carbonyl (C=O) groups excluding carboxylic acids is 2. The summed E-state index contributed by atoms with van der Waals surface area (Å²) in [6.45, 7) is 11.1. The van der Waals surface area contributed by atoms with E-state index >= 15 is 0 Å². The van der Waals surface area contributed by atoms with Crippen molar-refractivity contribution in [3.05, 3.63) is 5.38 Å². The number of carbonyl (C=O) groups is 2. The SMILES string of the molecule is CC(C)(C)OC(=O)NC(CCCNc1nc(O)cs1)C(=O)OC(C)(C)C. The molecule has 0 aliphatic heterocycles. The predicted molar refractivity (Wildman–Crippen MR) is 101 cm³/mol. The first kappa shape index (κ1) is 22.0. The number of hydrogen-bond acceptors (Lipinski definition) is 8. The summed E-state index contributed by atoms with van der Waals surface area (Å²) in [4.78, 5) is 28.3. The predicted octanol–water partition coefficient (Wildman–Crippen LogP) is 3.28. The number of amides is 1. The zero-order valence-corrected chi connectivity index (χ0v) is 17.0.